The smallest absolute Gasteiger partial charge is 0.309 e. The van der Waals surface area contributed by atoms with Crippen LogP contribution in [-0.2, 0) is 21.5 Å². The van der Waals surface area contributed by atoms with E-state index >= 15 is 0 Å². The molecule has 0 aliphatic heterocycles. The van der Waals surface area contributed by atoms with Crippen LogP contribution in [0.1, 0.15) is 36.8 Å². The van der Waals surface area contributed by atoms with Gasteiger partial charge in [-0.1, -0.05) is 31.0 Å². The van der Waals surface area contributed by atoms with E-state index in [4.69, 9.17) is 4.74 Å². The fraction of sp³-hybridized carbons (Fsp3) is 0.400. The number of hydrogen-bond acceptors (Lipinski definition) is 4. The molecule has 3 rings (SSSR count). The van der Waals surface area contributed by atoms with Gasteiger partial charge in [0, 0.05) is 24.1 Å². The van der Waals surface area contributed by atoms with E-state index in [1.165, 1.54) is 5.56 Å². The number of nitrogens with one attached hydrogen (secondary N) is 2. The molecule has 2 amide bonds. The van der Waals surface area contributed by atoms with E-state index in [2.05, 4.69) is 27.5 Å². The number of rotatable bonds is 6. The van der Waals surface area contributed by atoms with Gasteiger partial charge < -0.3 is 15.4 Å². The zero-order valence-electron chi connectivity index (χ0n) is 14.9. The van der Waals surface area contributed by atoms with Crippen molar-refractivity contribution in [2.24, 2.45) is 0 Å². The van der Waals surface area contributed by atoms with Gasteiger partial charge in [-0.2, -0.15) is 11.3 Å². The lowest BCUT2D eigenvalue weighted by Crippen LogP contribution is -2.45. The maximum Gasteiger partial charge on any atom is 0.309 e. The van der Waals surface area contributed by atoms with E-state index in [0.717, 1.165) is 31.2 Å². The molecule has 138 valence electrons. The van der Waals surface area contributed by atoms with Crippen molar-refractivity contribution in [2.75, 3.05) is 13.7 Å². The zero-order valence-corrected chi connectivity index (χ0v) is 15.7. The molecule has 0 spiro atoms. The molecule has 1 saturated carbocycles. The number of amides is 2. The average Bonchev–Trinajstić information content (AvgIpc) is 3.36. The highest BCUT2D eigenvalue weighted by Gasteiger charge is 2.36. The molecule has 0 atom stereocenters. The average molecular weight is 372 g/mol. The first-order chi connectivity index (χ1) is 12.6. The number of para-hydroxylation sites is 1. The molecular formula is C20H24N2O3S. The number of carbonyl (C=O) groups excluding carboxylic acids is 2. The van der Waals surface area contributed by atoms with Gasteiger partial charge in [-0.25, -0.2) is 0 Å². The maximum atomic E-state index is 12.2. The maximum absolute atomic E-state index is 12.2. The van der Waals surface area contributed by atoms with Crippen molar-refractivity contribution in [1.82, 2.24) is 10.6 Å². The molecule has 0 saturated heterocycles. The molecule has 1 aromatic heterocycles. The summed E-state index contributed by atoms with van der Waals surface area (Å²) in [6.45, 7) is 0.761. The summed E-state index contributed by atoms with van der Waals surface area (Å²) in [4.78, 5) is 24.4. The lowest BCUT2D eigenvalue weighted by Gasteiger charge is -2.28. The van der Waals surface area contributed by atoms with Crippen LogP contribution < -0.4 is 15.4 Å². The van der Waals surface area contributed by atoms with Gasteiger partial charge in [0.1, 0.15) is 5.75 Å². The summed E-state index contributed by atoms with van der Waals surface area (Å²) in [5.41, 5.74) is 2.08. The van der Waals surface area contributed by atoms with Crippen molar-refractivity contribution < 1.29 is 14.3 Å². The summed E-state index contributed by atoms with van der Waals surface area (Å²) in [7, 11) is 1.58. The fourth-order valence-electron chi connectivity index (χ4n) is 3.62. The summed E-state index contributed by atoms with van der Waals surface area (Å²) in [6.07, 6.45) is 4.41. The first-order valence-corrected chi connectivity index (χ1v) is 9.79. The molecule has 0 bridgehead atoms. The van der Waals surface area contributed by atoms with Gasteiger partial charge in [0.05, 0.1) is 7.11 Å². The van der Waals surface area contributed by atoms with Crippen LogP contribution >= 0.6 is 11.3 Å². The molecule has 1 aromatic carbocycles. The first kappa shape index (κ1) is 18.5. The van der Waals surface area contributed by atoms with Crippen LogP contribution in [0, 0.1) is 0 Å². The standard InChI is InChI=1S/C20H24N2O3S/c1-25-17-7-3-2-6-15(17)12-21-18(23)19(24)22-14-20(9-4-5-10-20)16-8-11-26-13-16/h2-3,6-8,11,13H,4-5,9-10,12,14H2,1H3,(H,21,23)(H,22,24). The van der Waals surface area contributed by atoms with Crippen molar-refractivity contribution >= 4 is 23.2 Å². The predicted octanol–water partition coefficient (Wildman–Crippen LogP) is 3.00. The Morgan fingerprint density at radius 3 is 2.54 bits per heavy atom. The minimum Gasteiger partial charge on any atom is -0.496 e. The van der Waals surface area contributed by atoms with Crippen molar-refractivity contribution in [1.29, 1.82) is 0 Å². The molecule has 1 fully saturated rings. The monoisotopic (exact) mass is 372 g/mol. The van der Waals surface area contributed by atoms with E-state index < -0.39 is 11.8 Å². The van der Waals surface area contributed by atoms with Crippen molar-refractivity contribution in [3.05, 3.63) is 52.2 Å². The second-order valence-corrected chi connectivity index (χ2v) is 7.46. The number of carbonyl (C=O) groups is 2. The van der Waals surface area contributed by atoms with Crippen molar-refractivity contribution in [3.63, 3.8) is 0 Å². The van der Waals surface area contributed by atoms with E-state index in [1.807, 2.05) is 24.3 Å². The Labute approximate surface area is 157 Å². The largest absolute Gasteiger partial charge is 0.496 e. The highest BCUT2D eigenvalue weighted by Crippen LogP contribution is 2.41. The molecule has 6 heteroatoms. The summed E-state index contributed by atoms with van der Waals surface area (Å²) in [5.74, 6) is -0.508. The van der Waals surface area contributed by atoms with Gasteiger partial charge in [0.25, 0.3) is 0 Å². The quantitative estimate of drug-likeness (QED) is 0.766. The van der Waals surface area contributed by atoms with Gasteiger partial charge in [0.2, 0.25) is 0 Å². The summed E-state index contributed by atoms with van der Waals surface area (Å²) in [5, 5.41) is 9.73. The highest BCUT2D eigenvalue weighted by molar-refractivity contribution is 7.08. The topological polar surface area (TPSA) is 67.4 Å². The molecule has 2 N–H and O–H groups in total. The summed E-state index contributed by atoms with van der Waals surface area (Å²) in [6, 6.07) is 9.55. The third kappa shape index (κ3) is 4.07. The molecule has 1 heterocycles. The van der Waals surface area contributed by atoms with Crippen LogP contribution in [0.5, 0.6) is 5.75 Å². The molecule has 1 aliphatic carbocycles. The SMILES string of the molecule is COc1ccccc1CNC(=O)C(=O)NCC1(c2ccsc2)CCCC1. The van der Waals surface area contributed by atoms with E-state index in [0.29, 0.717) is 12.3 Å². The third-order valence-electron chi connectivity index (χ3n) is 5.12. The minimum atomic E-state index is -0.616. The van der Waals surface area contributed by atoms with Gasteiger partial charge in [-0.15, -0.1) is 0 Å². The van der Waals surface area contributed by atoms with Crippen LogP contribution in [0.4, 0.5) is 0 Å². The fourth-order valence-corrected chi connectivity index (χ4v) is 4.40. The van der Waals surface area contributed by atoms with E-state index in [1.54, 1.807) is 18.4 Å². The van der Waals surface area contributed by atoms with E-state index in [-0.39, 0.29) is 12.0 Å². The minimum absolute atomic E-state index is 0.0292. The Morgan fingerprint density at radius 2 is 1.85 bits per heavy atom. The Kier molecular flexibility index (Phi) is 5.93. The Bertz CT molecular complexity index is 752. The molecule has 5 nitrogen and oxygen atoms in total. The van der Waals surface area contributed by atoms with E-state index in [9.17, 15) is 9.59 Å². The lowest BCUT2D eigenvalue weighted by atomic mass is 9.80. The van der Waals surface area contributed by atoms with Crippen molar-refractivity contribution in [3.8, 4) is 5.75 Å². The number of hydrogen-bond donors (Lipinski definition) is 2. The van der Waals surface area contributed by atoms with Gasteiger partial charge in [0.15, 0.2) is 0 Å². The van der Waals surface area contributed by atoms with Crippen LogP contribution in [-0.4, -0.2) is 25.5 Å². The predicted molar refractivity (Wildman–Crippen MR) is 102 cm³/mol. The second-order valence-electron chi connectivity index (χ2n) is 6.68. The Balaban J connectivity index is 1.55. The Morgan fingerprint density at radius 1 is 1.12 bits per heavy atom. The number of thiophene rings is 1. The first-order valence-electron chi connectivity index (χ1n) is 8.85. The molecule has 26 heavy (non-hydrogen) atoms. The molecule has 0 unspecified atom stereocenters. The van der Waals surface area contributed by atoms with Crippen LogP contribution in [0.25, 0.3) is 0 Å². The van der Waals surface area contributed by atoms with Gasteiger partial charge in [-0.3, -0.25) is 9.59 Å². The molecule has 0 radical (unpaired) electrons. The normalized spacial score (nSPS) is 15.4. The molecule has 2 aromatic rings. The lowest BCUT2D eigenvalue weighted by molar-refractivity contribution is -0.139. The number of benzene rings is 1. The van der Waals surface area contributed by atoms with Crippen LogP contribution in [0.15, 0.2) is 41.1 Å². The summed E-state index contributed by atoms with van der Waals surface area (Å²) >= 11 is 1.67. The van der Waals surface area contributed by atoms with Crippen LogP contribution in [0.3, 0.4) is 0 Å². The second kappa shape index (κ2) is 8.36. The Hall–Kier alpha value is -2.34. The molecular weight excluding hydrogens is 348 g/mol. The zero-order chi connectivity index (χ0) is 18.4. The summed E-state index contributed by atoms with van der Waals surface area (Å²) < 4.78 is 5.26. The number of ether oxygens (including phenoxy) is 1. The van der Waals surface area contributed by atoms with Crippen LogP contribution in [0.2, 0.25) is 0 Å². The number of methoxy groups -OCH3 is 1. The van der Waals surface area contributed by atoms with Gasteiger partial charge in [-0.05, 0) is 41.3 Å². The highest BCUT2D eigenvalue weighted by atomic mass is 32.1. The van der Waals surface area contributed by atoms with Gasteiger partial charge >= 0.3 is 11.8 Å². The molecule has 1 aliphatic rings. The van der Waals surface area contributed by atoms with Crippen molar-refractivity contribution in [2.45, 2.75) is 37.6 Å². The third-order valence-corrected chi connectivity index (χ3v) is 5.80.